The van der Waals surface area contributed by atoms with Gasteiger partial charge in [0.25, 0.3) is 0 Å². The van der Waals surface area contributed by atoms with Crippen molar-refractivity contribution >= 4 is 23.6 Å². The first kappa shape index (κ1) is 13.7. The van der Waals surface area contributed by atoms with Crippen LogP contribution in [0, 0.1) is 11.7 Å². The zero-order valence-corrected chi connectivity index (χ0v) is 10.6. The van der Waals surface area contributed by atoms with E-state index < -0.39 is 5.82 Å². The second kappa shape index (κ2) is 6.40. The average molecular weight is 256 g/mol. The lowest BCUT2D eigenvalue weighted by molar-refractivity contribution is -0.116. The molecule has 0 bridgehead atoms. The number of carbonyl (C=O) groups is 1. The Labute approximate surface area is 105 Å². The third kappa shape index (κ3) is 5.00. The Morgan fingerprint density at radius 1 is 1.53 bits per heavy atom. The molecule has 1 amide bonds. The average Bonchev–Trinajstić information content (AvgIpc) is 2.28. The molecule has 0 spiro atoms. The molecular formula is C13H15ClFNO. The summed E-state index contributed by atoms with van der Waals surface area (Å²) >= 11 is 5.62. The predicted octanol–water partition coefficient (Wildman–Crippen LogP) is 3.26. The van der Waals surface area contributed by atoms with Gasteiger partial charge in [-0.25, -0.2) is 4.39 Å². The largest absolute Gasteiger partial charge is 0.352 e. The van der Waals surface area contributed by atoms with Crippen LogP contribution >= 0.6 is 11.6 Å². The molecule has 1 rings (SSSR count). The smallest absolute Gasteiger partial charge is 0.244 e. The maximum Gasteiger partial charge on any atom is 0.244 e. The van der Waals surface area contributed by atoms with Crippen molar-refractivity contribution in [3.05, 3.63) is 40.7 Å². The van der Waals surface area contributed by atoms with E-state index in [0.29, 0.717) is 18.0 Å². The molecule has 0 atom stereocenters. The van der Waals surface area contributed by atoms with E-state index in [1.54, 1.807) is 12.1 Å². The lowest BCUT2D eigenvalue weighted by Gasteiger charge is -2.04. The van der Waals surface area contributed by atoms with Gasteiger partial charge in [-0.1, -0.05) is 31.5 Å². The third-order valence-electron chi connectivity index (χ3n) is 2.06. The maximum absolute atomic E-state index is 12.9. The van der Waals surface area contributed by atoms with Crippen molar-refractivity contribution in [2.75, 3.05) is 6.54 Å². The topological polar surface area (TPSA) is 29.1 Å². The summed E-state index contributed by atoms with van der Waals surface area (Å²) in [6.07, 6.45) is 3.01. The zero-order chi connectivity index (χ0) is 12.8. The van der Waals surface area contributed by atoms with Crippen molar-refractivity contribution < 1.29 is 9.18 Å². The molecule has 92 valence electrons. The third-order valence-corrected chi connectivity index (χ3v) is 2.35. The van der Waals surface area contributed by atoms with Crippen LogP contribution in [0.15, 0.2) is 24.3 Å². The van der Waals surface area contributed by atoms with Crippen LogP contribution < -0.4 is 5.32 Å². The Hall–Kier alpha value is -1.35. The number of hydrogen-bond acceptors (Lipinski definition) is 1. The minimum Gasteiger partial charge on any atom is -0.352 e. The van der Waals surface area contributed by atoms with Crippen molar-refractivity contribution in [1.29, 1.82) is 0 Å². The molecule has 0 aliphatic heterocycles. The van der Waals surface area contributed by atoms with Crippen LogP contribution in [0.5, 0.6) is 0 Å². The summed E-state index contributed by atoms with van der Waals surface area (Å²) in [5.74, 6) is -0.222. The summed E-state index contributed by atoms with van der Waals surface area (Å²) in [5, 5.41) is 2.80. The molecule has 1 aromatic carbocycles. The molecule has 0 heterocycles. The molecule has 0 radical (unpaired) electrons. The molecule has 2 nitrogen and oxygen atoms in total. The van der Waals surface area contributed by atoms with Crippen LogP contribution in [0.25, 0.3) is 6.08 Å². The minimum atomic E-state index is -0.465. The van der Waals surface area contributed by atoms with Gasteiger partial charge in [0.05, 0.1) is 5.02 Å². The van der Waals surface area contributed by atoms with Gasteiger partial charge >= 0.3 is 0 Å². The maximum atomic E-state index is 12.9. The van der Waals surface area contributed by atoms with E-state index in [9.17, 15) is 9.18 Å². The highest BCUT2D eigenvalue weighted by Gasteiger charge is 2.00. The van der Waals surface area contributed by atoms with Gasteiger partial charge in [0.2, 0.25) is 5.91 Å². The zero-order valence-electron chi connectivity index (χ0n) is 9.84. The molecule has 0 saturated heterocycles. The van der Waals surface area contributed by atoms with E-state index in [1.165, 1.54) is 18.2 Å². The van der Waals surface area contributed by atoms with Crippen LogP contribution in [-0.4, -0.2) is 12.5 Å². The standard InChI is InChI=1S/C13H15ClFNO/c1-9(2)8-16-13(17)6-4-10-3-5-12(15)11(14)7-10/h3-7,9H,8H2,1-2H3,(H,16,17)/b6-4+. The minimum absolute atomic E-state index is 0.0507. The van der Waals surface area contributed by atoms with Crippen LogP contribution in [0.1, 0.15) is 19.4 Å². The highest BCUT2D eigenvalue weighted by molar-refractivity contribution is 6.30. The first-order valence-electron chi connectivity index (χ1n) is 5.40. The quantitative estimate of drug-likeness (QED) is 0.822. The van der Waals surface area contributed by atoms with E-state index in [4.69, 9.17) is 11.6 Å². The summed E-state index contributed by atoms with van der Waals surface area (Å²) in [6.45, 7) is 4.67. The molecular weight excluding hydrogens is 241 g/mol. The number of amides is 1. The molecule has 0 saturated carbocycles. The highest BCUT2D eigenvalue weighted by Crippen LogP contribution is 2.16. The summed E-state index contributed by atoms with van der Waals surface area (Å²) in [4.78, 5) is 11.4. The Kier molecular flexibility index (Phi) is 5.16. The second-order valence-corrected chi connectivity index (χ2v) is 4.55. The van der Waals surface area contributed by atoms with E-state index in [1.807, 2.05) is 13.8 Å². The number of hydrogen-bond donors (Lipinski definition) is 1. The molecule has 0 aliphatic carbocycles. The molecule has 4 heteroatoms. The molecule has 17 heavy (non-hydrogen) atoms. The van der Waals surface area contributed by atoms with Gasteiger partial charge in [-0.3, -0.25) is 4.79 Å². The van der Waals surface area contributed by atoms with Crippen molar-refractivity contribution in [3.8, 4) is 0 Å². The number of rotatable bonds is 4. The second-order valence-electron chi connectivity index (χ2n) is 4.15. The Balaban J connectivity index is 2.58. The van der Waals surface area contributed by atoms with Crippen LogP contribution in [0.3, 0.4) is 0 Å². The van der Waals surface area contributed by atoms with Crippen molar-refractivity contribution in [2.24, 2.45) is 5.92 Å². The van der Waals surface area contributed by atoms with Gasteiger partial charge in [-0.2, -0.15) is 0 Å². The molecule has 0 aliphatic rings. The van der Waals surface area contributed by atoms with Gasteiger partial charge in [0, 0.05) is 12.6 Å². The van der Waals surface area contributed by atoms with Crippen molar-refractivity contribution in [1.82, 2.24) is 5.32 Å². The number of halogens is 2. The Morgan fingerprint density at radius 3 is 2.82 bits per heavy atom. The van der Waals surface area contributed by atoms with E-state index in [2.05, 4.69) is 5.32 Å². The monoisotopic (exact) mass is 255 g/mol. The van der Waals surface area contributed by atoms with Crippen LogP contribution in [0.2, 0.25) is 5.02 Å². The molecule has 1 aromatic rings. The summed E-state index contributed by atoms with van der Waals surface area (Å²) in [7, 11) is 0. The number of benzene rings is 1. The lowest BCUT2D eigenvalue weighted by Crippen LogP contribution is -2.25. The summed E-state index contributed by atoms with van der Waals surface area (Å²) in [5.41, 5.74) is 0.691. The molecule has 0 aromatic heterocycles. The first-order valence-corrected chi connectivity index (χ1v) is 5.78. The normalized spacial score (nSPS) is 11.1. The van der Waals surface area contributed by atoms with E-state index in [0.717, 1.165) is 0 Å². The molecule has 0 fully saturated rings. The SMILES string of the molecule is CC(C)CNC(=O)/C=C/c1ccc(F)c(Cl)c1. The number of nitrogens with one attached hydrogen (secondary N) is 1. The fraction of sp³-hybridized carbons (Fsp3) is 0.308. The Bertz CT molecular complexity index is 429. The fourth-order valence-corrected chi connectivity index (χ4v) is 1.34. The van der Waals surface area contributed by atoms with Gasteiger partial charge in [0.15, 0.2) is 0 Å². The van der Waals surface area contributed by atoms with Gasteiger partial charge in [-0.15, -0.1) is 0 Å². The number of carbonyl (C=O) groups excluding carboxylic acids is 1. The van der Waals surface area contributed by atoms with Crippen molar-refractivity contribution in [3.63, 3.8) is 0 Å². The highest BCUT2D eigenvalue weighted by atomic mass is 35.5. The van der Waals surface area contributed by atoms with Crippen LogP contribution in [-0.2, 0) is 4.79 Å². The molecule has 1 N–H and O–H groups in total. The summed E-state index contributed by atoms with van der Waals surface area (Å²) < 4.78 is 12.9. The van der Waals surface area contributed by atoms with Crippen LogP contribution in [0.4, 0.5) is 4.39 Å². The van der Waals surface area contributed by atoms with Gasteiger partial charge in [-0.05, 0) is 29.7 Å². The van der Waals surface area contributed by atoms with E-state index >= 15 is 0 Å². The van der Waals surface area contributed by atoms with E-state index in [-0.39, 0.29) is 10.9 Å². The summed E-state index contributed by atoms with van der Waals surface area (Å²) in [6, 6.07) is 4.31. The van der Waals surface area contributed by atoms with Crippen molar-refractivity contribution in [2.45, 2.75) is 13.8 Å². The van der Waals surface area contributed by atoms with Gasteiger partial charge < -0.3 is 5.32 Å². The molecule has 0 unspecified atom stereocenters. The fourth-order valence-electron chi connectivity index (χ4n) is 1.15. The first-order chi connectivity index (χ1) is 7.99. The Morgan fingerprint density at radius 2 is 2.24 bits per heavy atom. The lowest BCUT2D eigenvalue weighted by atomic mass is 10.2. The van der Waals surface area contributed by atoms with Gasteiger partial charge in [0.1, 0.15) is 5.82 Å². The predicted molar refractivity (Wildman–Crippen MR) is 68.3 cm³/mol.